The smallest absolute Gasteiger partial charge is 0.249 e. The van der Waals surface area contributed by atoms with Crippen LogP contribution in [0.25, 0.3) is 44.5 Å². The maximum absolute atomic E-state index is 12.2. The van der Waals surface area contributed by atoms with E-state index in [9.17, 15) is 9.59 Å². The summed E-state index contributed by atoms with van der Waals surface area (Å²) in [5.74, 6) is -0.931. The summed E-state index contributed by atoms with van der Waals surface area (Å²) in [5.41, 5.74) is 20.3. The fraction of sp³-hybridized carbons (Fsp3) is 0. The number of hydrogen-bond donors (Lipinski definition) is 2. The van der Waals surface area contributed by atoms with Crippen LogP contribution in [0.15, 0.2) is 84.9 Å². The Morgan fingerprint density at radius 1 is 0.533 bits per heavy atom. The number of primary amides is 2. The summed E-state index contributed by atoms with van der Waals surface area (Å²) in [4.78, 5) is 23.5. The van der Waals surface area contributed by atoms with Gasteiger partial charge >= 0.3 is 0 Å². The first-order chi connectivity index (χ1) is 14.5. The molecule has 0 radical (unpaired) electrons. The molecule has 1 aliphatic rings. The summed E-state index contributed by atoms with van der Waals surface area (Å²) in [5, 5.41) is 0. The van der Waals surface area contributed by atoms with Gasteiger partial charge in [-0.3, -0.25) is 9.59 Å². The summed E-state index contributed by atoms with van der Waals surface area (Å²) in [6, 6.07) is 27.1. The van der Waals surface area contributed by atoms with Gasteiger partial charge in [0.1, 0.15) is 0 Å². The summed E-state index contributed by atoms with van der Waals surface area (Å²) < 4.78 is 0. The summed E-state index contributed by atoms with van der Waals surface area (Å²) >= 11 is 0. The van der Waals surface area contributed by atoms with Crippen LogP contribution in [0, 0.1) is 0 Å². The zero-order valence-corrected chi connectivity index (χ0v) is 16.1. The normalized spacial score (nSPS) is 11.2. The maximum atomic E-state index is 12.2. The van der Waals surface area contributed by atoms with Crippen molar-refractivity contribution in [2.75, 3.05) is 0 Å². The molecule has 30 heavy (non-hydrogen) atoms. The van der Waals surface area contributed by atoms with Gasteiger partial charge < -0.3 is 11.5 Å². The van der Waals surface area contributed by atoms with Crippen LogP contribution in [0.3, 0.4) is 0 Å². The second kappa shape index (κ2) is 6.71. The fourth-order valence-corrected chi connectivity index (χ4v) is 4.15. The molecule has 0 spiro atoms. The van der Waals surface area contributed by atoms with Gasteiger partial charge in [0.05, 0.1) is 0 Å². The van der Waals surface area contributed by atoms with Gasteiger partial charge in [-0.05, 0) is 68.8 Å². The van der Waals surface area contributed by atoms with E-state index in [2.05, 4.69) is 18.2 Å². The van der Waals surface area contributed by atoms with Crippen LogP contribution in [0.1, 0.15) is 20.7 Å². The van der Waals surface area contributed by atoms with Crippen molar-refractivity contribution in [2.45, 2.75) is 0 Å². The Hall–Kier alpha value is -4.18. The van der Waals surface area contributed by atoms with E-state index in [1.165, 1.54) is 16.7 Å². The number of carbonyl (C=O) groups excluding carboxylic acids is 2. The minimum absolute atomic E-state index is 0.453. The molecular weight excluding hydrogens is 372 g/mol. The molecule has 0 saturated heterocycles. The molecule has 4 nitrogen and oxygen atoms in total. The lowest BCUT2D eigenvalue weighted by atomic mass is 9.76. The van der Waals surface area contributed by atoms with Gasteiger partial charge in [-0.15, -0.1) is 0 Å². The van der Waals surface area contributed by atoms with E-state index in [1.54, 1.807) is 18.2 Å². The third-order valence-corrected chi connectivity index (χ3v) is 5.63. The molecule has 0 atom stereocenters. The van der Waals surface area contributed by atoms with Crippen LogP contribution in [0.5, 0.6) is 0 Å². The second-order valence-electron chi connectivity index (χ2n) is 7.34. The van der Waals surface area contributed by atoms with Gasteiger partial charge in [0, 0.05) is 11.1 Å². The lowest BCUT2D eigenvalue weighted by Crippen LogP contribution is -2.13. The minimum Gasteiger partial charge on any atom is -0.366 e. The van der Waals surface area contributed by atoms with E-state index in [0.29, 0.717) is 11.1 Å². The first kappa shape index (κ1) is 17.9. The fourth-order valence-electron chi connectivity index (χ4n) is 4.15. The van der Waals surface area contributed by atoms with Gasteiger partial charge in [0.15, 0.2) is 0 Å². The molecule has 0 aliphatic heterocycles. The third-order valence-electron chi connectivity index (χ3n) is 5.63. The molecule has 0 heterocycles. The number of hydrogen-bond acceptors (Lipinski definition) is 2. The molecule has 2 amide bonds. The first-order valence-electron chi connectivity index (χ1n) is 9.62. The average Bonchev–Trinajstić information content (AvgIpc) is 2.76. The van der Waals surface area contributed by atoms with Gasteiger partial charge in [-0.2, -0.15) is 0 Å². The highest BCUT2D eigenvalue weighted by atomic mass is 16.1. The maximum Gasteiger partial charge on any atom is 0.249 e. The Morgan fingerprint density at radius 2 is 1.13 bits per heavy atom. The van der Waals surface area contributed by atoms with Crippen molar-refractivity contribution in [3.05, 3.63) is 96.1 Å². The molecule has 0 aromatic heterocycles. The summed E-state index contributed by atoms with van der Waals surface area (Å²) in [6.45, 7) is 0. The van der Waals surface area contributed by atoms with Crippen molar-refractivity contribution in [3.63, 3.8) is 0 Å². The Kier molecular flexibility index (Phi) is 4.00. The van der Waals surface area contributed by atoms with E-state index in [1.807, 2.05) is 48.5 Å². The van der Waals surface area contributed by atoms with E-state index in [4.69, 9.17) is 11.5 Å². The number of benzene rings is 4. The monoisotopic (exact) mass is 390 g/mol. The second-order valence-corrected chi connectivity index (χ2v) is 7.34. The minimum atomic E-state index is -0.467. The molecular formula is C26H18N2O2. The van der Waals surface area contributed by atoms with Crippen LogP contribution < -0.4 is 11.5 Å². The van der Waals surface area contributed by atoms with Gasteiger partial charge in [0.2, 0.25) is 11.8 Å². The van der Waals surface area contributed by atoms with Crippen LogP contribution in [0.4, 0.5) is 0 Å². The molecule has 4 aromatic rings. The van der Waals surface area contributed by atoms with Crippen LogP contribution in [-0.4, -0.2) is 11.8 Å². The molecule has 0 unspecified atom stereocenters. The molecule has 144 valence electrons. The average molecular weight is 390 g/mol. The summed E-state index contributed by atoms with van der Waals surface area (Å²) in [7, 11) is 0. The third kappa shape index (κ3) is 2.70. The van der Waals surface area contributed by atoms with Crippen molar-refractivity contribution in [2.24, 2.45) is 11.5 Å². The van der Waals surface area contributed by atoms with E-state index >= 15 is 0 Å². The molecule has 1 aliphatic carbocycles. The highest BCUT2D eigenvalue weighted by molar-refractivity contribution is 6.11. The molecule has 4 N–H and O–H groups in total. The van der Waals surface area contributed by atoms with E-state index in [0.717, 1.165) is 27.8 Å². The predicted molar refractivity (Wildman–Crippen MR) is 119 cm³/mol. The van der Waals surface area contributed by atoms with Crippen LogP contribution in [-0.2, 0) is 0 Å². The van der Waals surface area contributed by atoms with Crippen molar-refractivity contribution >= 4 is 11.8 Å². The standard InChI is InChI=1S/C26H18N2O2/c27-25(29)16-10-8-15(9-11-16)17-12-13-22(26(28)30)23(14-17)21-7-3-6-20-18-4-1-2-5-19(18)24(20)21/h1-14H,(H2,27,29)(H2,28,30). The first-order valence-corrected chi connectivity index (χ1v) is 9.62. The molecule has 0 saturated carbocycles. The highest BCUT2D eigenvalue weighted by Gasteiger charge is 2.26. The van der Waals surface area contributed by atoms with Crippen molar-refractivity contribution in [1.82, 2.24) is 0 Å². The van der Waals surface area contributed by atoms with Crippen LogP contribution in [0.2, 0.25) is 0 Å². The Balaban J connectivity index is 1.68. The highest BCUT2D eigenvalue weighted by Crippen LogP contribution is 2.52. The molecule has 4 aromatic carbocycles. The summed E-state index contributed by atoms with van der Waals surface area (Å²) in [6.07, 6.45) is 0. The Labute approximate surface area is 173 Å². The van der Waals surface area contributed by atoms with E-state index < -0.39 is 11.8 Å². The quantitative estimate of drug-likeness (QED) is 0.459. The zero-order valence-electron chi connectivity index (χ0n) is 16.1. The molecule has 0 fully saturated rings. The van der Waals surface area contributed by atoms with Crippen LogP contribution >= 0.6 is 0 Å². The largest absolute Gasteiger partial charge is 0.366 e. The predicted octanol–water partition coefficient (Wildman–Crippen LogP) is 4.87. The number of fused-ring (bicyclic) bond motifs is 4. The molecule has 0 bridgehead atoms. The zero-order chi connectivity index (χ0) is 20.8. The molecule has 4 heteroatoms. The number of carbonyl (C=O) groups is 2. The number of nitrogens with two attached hydrogens (primary N) is 2. The lowest BCUT2D eigenvalue weighted by Gasteiger charge is -2.27. The van der Waals surface area contributed by atoms with Crippen molar-refractivity contribution < 1.29 is 9.59 Å². The van der Waals surface area contributed by atoms with Gasteiger partial charge in [-0.1, -0.05) is 60.7 Å². The van der Waals surface area contributed by atoms with Gasteiger partial charge in [-0.25, -0.2) is 0 Å². The van der Waals surface area contributed by atoms with Crippen molar-refractivity contribution in [3.8, 4) is 44.5 Å². The SMILES string of the molecule is NC(=O)c1ccc(-c2ccc(C(N)=O)c(-c3cccc4c3-c3ccccc3-4)c2)cc1. The lowest BCUT2D eigenvalue weighted by molar-refractivity contribution is 0.0992. The number of rotatable bonds is 4. The van der Waals surface area contributed by atoms with E-state index in [-0.39, 0.29) is 0 Å². The molecule has 5 rings (SSSR count). The van der Waals surface area contributed by atoms with Gasteiger partial charge in [0.25, 0.3) is 0 Å². The topological polar surface area (TPSA) is 86.2 Å². The van der Waals surface area contributed by atoms with Crippen molar-refractivity contribution in [1.29, 1.82) is 0 Å². The Bertz CT molecular complexity index is 1340. The number of amides is 2. The Morgan fingerprint density at radius 3 is 1.80 bits per heavy atom.